The van der Waals surface area contributed by atoms with Crippen LogP contribution in [0.3, 0.4) is 0 Å². The normalized spacial score (nSPS) is 11.2. The van der Waals surface area contributed by atoms with E-state index in [1.165, 1.54) is 6.07 Å². The number of amides is 1. The zero-order valence-electron chi connectivity index (χ0n) is 9.94. The molecule has 6 heteroatoms. The maximum Gasteiger partial charge on any atom is 0.345 e. The summed E-state index contributed by atoms with van der Waals surface area (Å²) in [6.07, 6.45) is 0. The first-order chi connectivity index (χ1) is 7.78. The number of rotatable bonds is 4. The van der Waals surface area contributed by atoms with Gasteiger partial charge >= 0.3 is 5.97 Å². The van der Waals surface area contributed by atoms with Crippen LogP contribution in [-0.4, -0.2) is 29.2 Å². The van der Waals surface area contributed by atoms with Crippen molar-refractivity contribution in [3.8, 4) is 0 Å². The van der Waals surface area contributed by atoms with Crippen LogP contribution in [0.1, 0.15) is 30.4 Å². The van der Waals surface area contributed by atoms with Gasteiger partial charge in [-0.15, -0.1) is 11.3 Å². The van der Waals surface area contributed by atoms with Crippen molar-refractivity contribution in [1.29, 1.82) is 0 Å². The zero-order chi connectivity index (χ0) is 13.1. The molecule has 0 aliphatic carbocycles. The third-order valence-electron chi connectivity index (χ3n) is 1.72. The van der Waals surface area contributed by atoms with Crippen LogP contribution in [0.4, 0.5) is 5.00 Å². The quantitative estimate of drug-likeness (QED) is 0.867. The summed E-state index contributed by atoms with van der Waals surface area (Å²) >= 11 is 1.02. The monoisotopic (exact) mass is 257 g/mol. The fourth-order valence-corrected chi connectivity index (χ4v) is 1.74. The molecular weight excluding hydrogens is 242 g/mol. The number of carboxylic acids is 1. The van der Waals surface area contributed by atoms with E-state index in [-0.39, 0.29) is 23.0 Å². The van der Waals surface area contributed by atoms with Gasteiger partial charge in [0.2, 0.25) is 0 Å². The van der Waals surface area contributed by atoms with Crippen LogP contribution in [0.2, 0.25) is 0 Å². The molecule has 0 bridgehead atoms. The lowest BCUT2D eigenvalue weighted by Crippen LogP contribution is -2.26. The largest absolute Gasteiger partial charge is 0.477 e. The fourth-order valence-electron chi connectivity index (χ4n) is 0.976. The van der Waals surface area contributed by atoms with E-state index >= 15 is 0 Å². The van der Waals surface area contributed by atoms with E-state index < -0.39 is 5.97 Å². The molecule has 1 aromatic rings. The number of carboxylic acid groups (broad SMARTS) is 1. The Bertz CT molecular complexity index is 419. The molecule has 1 rings (SSSR count). The van der Waals surface area contributed by atoms with Gasteiger partial charge in [0, 0.05) is 0 Å². The van der Waals surface area contributed by atoms with Crippen LogP contribution >= 0.6 is 11.3 Å². The minimum atomic E-state index is -0.999. The number of carbonyl (C=O) groups excluding carboxylic acids is 1. The maximum atomic E-state index is 11.5. The van der Waals surface area contributed by atoms with Crippen LogP contribution in [0.15, 0.2) is 12.1 Å². The Kier molecular flexibility index (Phi) is 4.25. The molecule has 0 saturated heterocycles. The summed E-state index contributed by atoms with van der Waals surface area (Å²) in [6.45, 7) is 5.51. The molecule has 0 saturated carbocycles. The molecule has 2 N–H and O–H groups in total. The fraction of sp³-hybridized carbons (Fsp3) is 0.455. The van der Waals surface area contributed by atoms with Crippen LogP contribution in [-0.2, 0) is 9.53 Å². The lowest BCUT2D eigenvalue weighted by Gasteiger charge is -2.18. The van der Waals surface area contributed by atoms with E-state index in [0.29, 0.717) is 5.00 Å². The average Bonchev–Trinajstić information content (AvgIpc) is 2.62. The van der Waals surface area contributed by atoms with Crippen molar-refractivity contribution >= 4 is 28.2 Å². The second kappa shape index (κ2) is 5.29. The molecule has 0 radical (unpaired) electrons. The summed E-state index contributed by atoms with van der Waals surface area (Å²) in [6, 6.07) is 3.01. The number of hydrogen-bond donors (Lipinski definition) is 2. The van der Waals surface area contributed by atoms with E-state index in [2.05, 4.69) is 5.32 Å². The van der Waals surface area contributed by atoms with Gasteiger partial charge in [0.05, 0.1) is 10.6 Å². The highest BCUT2D eigenvalue weighted by atomic mass is 32.1. The van der Waals surface area contributed by atoms with E-state index in [1.807, 2.05) is 20.8 Å². The number of hydrogen-bond acceptors (Lipinski definition) is 4. The third kappa shape index (κ3) is 4.97. The van der Waals surface area contributed by atoms with Crippen LogP contribution in [0.25, 0.3) is 0 Å². The van der Waals surface area contributed by atoms with Gasteiger partial charge in [0.25, 0.3) is 5.91 Å². The Labute approximate surface area is 103 Å². The molecule has 0 aromatic carbocycles. The molecule has 0 aliphatic heterocycles. The first kappa shape index (κ1) is 13.7. The number of aromatic carboxylic acids is 1. The van der Waals surface area contributed by atoms with Crippen molar-refractivity contribution < 1.29 is 19.4 Å². The highest BCUT2D eigenvalue weighted by Crippen LogP contribution is 2.21. The first-order valence-electron chi connectivity index (χ1n) is 5.05. The van der Waals surface area contributed by atoms with Crippen molar-refractivity contribution in [3.63, 3.8) is 0 Å². The SMILES string of the molecule is CC(C)(C)OCC(=O)Nc1ccc(C(=O)O)s1. The highest BCUT2D eigenvalue weighted by molar-refractivity contribution is 7.18. The summed E-state index contributed by atoms with van der Waals surface area (Å²) in [5.41, 5.74) is -0.376. The Morgan fingerprint density at radius 3 is 2.53 bits per heavy atom. The molecule has 0 atom stereocenters. The molecule has 0 fully saturated rings. The Hall–Kier alpha value is -1.40. The van der Waals surface area contributed by atoms with Gasteiger partial charge in [-0.05, 0) is 32.9 Å². The number of anilines is 1. The molecule has 17 heavy (non-hydrogen) atoms. The first-order valence-corrected chi connectivity index (χ1v) is 5.86. The third-order valence-corrected chi connectivity index (χ3v) is 2.70. The van der Waals surface area contributed by atoms with Gasteiger partial charge in [-0.1, -0.05) is 0 Å². The Morgan fingerprint density at radius 1 is 1.41 bits per heavy atom. The minimum Gasteiger partial charge on any atom is -0.477 e. The van der Waals surface area contributed by atoms with Gasteiger partial charge < -0.3 is 15.2 Å². The van der Waals surface area contributed by atoms with Crippen molar-refractivity contribution in [2.24, 2.45) is 0 Å². The second-order valence-electron chi connectivity index (χ2n) is 4.42. The van der Waals surface area contributed by atoms with Crippen LogP contribution < -0.4 is 5.32 Å². The molecule has 0 spiro atoms. The summed E-state index contributed by atoms with van der Waals surface area (Å²) in [5.74, 6) is -1.29. The standard InChI is InChI=1S/C11H15NO4S/c1-11(2,3)16-6-8(13)12-9-5-4-7(17-9)10(14)15/h4-5H,6H2,1-3H3,(H,12,13)(H,14,15). The van der Waals surface area contributed by atoms with Gasteiger partial charge in [0.1, 0.15) is 11.5 Å². The molecule has 0 aliphatic rings. The van der Waals surface area contributed by atoms with Crippen molar-refractivity contribution in [2.45, 2.75) is 26.4 Å². The highest BCUT2D eigenvalue weighted by Gasteiger charge is 2.14. The maximum absolute atomic E-state index is 11.5. The van der Waals surface area contributed by atoms with Crippen molar-refractivity contribution in [3.05, 3.63) is 17.0 Å². The molecular formula is C11H15NO4S. The molecule has 1 aromatic heterocycles. The van der Waals surface area contributed by atoms with E-state index in [9.17, 15) is 9.59 Å². The summed E-state index contributed by atoms with van der Waals surface area (Å²) < 4.78 is 5.29. The Morgan fingerprint density at radius 2 is 2.06 bits per heavy atom. The summed E-state index contributed by atoms with van der Waals surface area (Å²) in [7, 11) is 0. The van der Waals surface area contributed by atoms with E-state index in [4.69, 9.17) is 9.84 Å². The van der Waals surface area contributed by atoms with Crippen LogP contribution in [0, 0.1) is 0 Å². The van der Waals surface area contributed by atoms with Crippen molar-refractivity contribution in [2.75, 3.05) is 11.9 Å². The van der Waals surface area contributed by atoms with Gasteiger partial charge in [-0.3, -0.25) is 4.79 Å². The van der Waals surface area contributed by atoms with E-state index in [1.54, 1.807) is 6.07 Å². The second-order valence-corrected chi connectivity index (χ2v) is 5.50. The lowest BCUT2D eigenvalue weighted by atomic mass is 10.2. The summed E-state index contributed by atoms with van der Waals surface area (Å²) in [4.78, 5) is 22.3. The van der Waals surface area contributed by atoms with Gasteiger partial charge in [0.15, 0.2) is 0 Å². The Balaban J connectivity index is 2.48. The van der Waals surface area contributed by atoms with E-state index in [0.717, 1.165) is 11.3 Å². The van der Waals surface area contributed by atoms with Gasteiger partial charge in [-0.25, -0.2) is 4.79 Å². The predicted molar refractivity (Wildman–Crippen MR) is 65.6 cm³/mol. The molecule has 5 nitrogen and oxygen atoms in total. The number of ether oxygens (including phenoxy) is 1. The minimum absolute atomic E-state index is 0.0518. The number of carbonyl (C=O) groups is 2. The topological polar surface area (TPSA) is 75.6 Å². The number of nitrogens with one attached hydrogen (secondary N) is 1. The van der Waals surface area contributed by atoms with Crippen LogP contribution in [0.5, 0.6) is 0 Å². The molecule has 1 heterocycles. The number of thiophene rings is 1. The molecule has 1 amide bonds. The lowest BCUT2D eigenvalue weighted by molar-refractivity contribution is -0.125. The average molecular weight is 257 g/mol. The molecule has 0 unspecified atom stereocenters. The zero-order valence-corrected chi connectivity index (χ0v) is 10.8. The molecule has 94 valence electrons. The van der Waals surface area contributed by atoms with Crippen molar-refractivity contribution in [1.82, 2.24) is 0 Å². The van der Waals surface area contributed by atoms with Gasteiger partial charge in [-0.2, -0.15) is 0 Å². The predicted octanol–water partition coefficient (Wildman–Crippen LogP) is 2.20. The smallest absolute Gasteiger partial charge is 0.345 e. The summed E-state index contributed by atoms with van der Waals surface area (Å²) in [5, 5.41) is 11.8.